The van der Waals surface area contributed by atoms with Crippen LogP contribution in [0.25, 0.3) is 0 Å². The summed E-state index contributed by atoms with van der Waals surface area (Å²) in [5.74, 6) is -1.53. The molecule has 0 saturated heterocycles. The SMILES string of the molecule is COC(=O)c1cc(Cl)nc(Cl)c1C(=O)OC. The van der Waals surface area contributed by atoms with Crippen LogP contribution in [0.4, 0.5) is 0 Å². The molecule has 0 aliphatic carbocycles. The number of carbonyl (C=O) groups is 2. The molecule has 0 atom stereocenters. The fourth-order valence-corrected chi connectivity index (χ4v) is 1.56. The molecule has 0 radical (unpaired) electrons. The Kier molecular flexibility index (Phi) is 4.09. The van der Waals surface area contributed by atoms with Gasteiger partial charge in [-0.15, -0.1) is 0 Å². The van der Waals surface area contributed by atoms with Gasteiger partial charge in [-0.1, -0.05) is 23.2 Å². The summed E-state index contributed by atoms with van der Waals surface area (Å²) >= 11 is 11.3. The average molecular weight is 264 g/mol. The second kappa shape index (κ2) is 5.14. The van der Waals surface area contributed by atoms with E-state index < -0.39 is 11.9 Å². The number of aromatic nitrogens is 1. The summed E-state index contributed by atoms with van der Waals surface area (Å²) in [5, 5.41) is -0.224. The topological polar surface area (TPSA) is 65.5 Å². The standard InChI is InChI=1S/C9H7Cl2NO4/c1-15-8(13)4-3-5(10)12-7(11)6(4)9(14)16-2/h3H,1-2H3. The Morgan fingerprint density at radius 2 is 1.75 bits per heavy atom. The third-order valence-electron chi connectivity index (χ3n) is 1.74. The molecule has 0 fully saturated rings. The summed E-state index contributed by atoms with van der Waals surface area (Å²) in [4.78, 5) is 26.4. The number of methoxy groups -OCH3 is 2. The van der Waals surface area contributed by atoms with Crippen LogP contribution in [0.3, 0.4) is 0 Å². The third kappa shape index (κ3) is 2.43. The van der Waals surface area contributed by atoms with Gasteiger partial charge in [-0.3, -0.25) is 0 Å². The molecule has 7 heteroatoms. The van der Waals surface area contributed by atoms with Crippen LogP contribution >= 0.6 is 23.2 Å². The molecule has 5 nitrogen and oxygen atoms in total. The smallest absolute Gasteiger partial charge is 0.341 e. The lowest BCUT2D eigenvalue weighted by atomic mass is 10.1. The Labute approximate surface area is 101 Å². The van der Waals surface area contributed by atoms with Gasteiger partial charge in [0, 0.05) is 0 Å². The first kappa shape index (κ1) is 12.7. The fraction of sp³-hybridized carbons (Fsp3) is 0.222. The summed E-state index contributed by atoms with van der Waals surface area (Å²) in [6.07, 6.45) is 0. The maximum absolute atomic E-state index is 11.4. The number of carbonyl (C=O) groups excluding carboxylic acids is 2. The Morgan fingerprint density at radius 1 is 1.19 bits per heavy atom. The Morgan fingerprint density at radius 3 is 2.25 bits per heavy atom. The van der Waals surface area contributed by atoms with E-state index in [-0.39, 0.29) is 21.4 Å². The molecular formula is C9H7Cl2NO4. The molecule has 16 heavy (non-hydrogen) atoms. The van der Waals surface area contributed by atoms with E-state index in [0.29, 0.717) is 0 Å². The lowest BCUT2D eigenvalue weighted by Crippen LogP contribution is -2.13. The monoisotopic (exact) mass is 263 g/mol. The zero-order chi connectivity index (χ0) is 12.3. The third-order valence-corrected chi connectivity index (χ3v) is 2.21. The first-order valence-corrected chi connectivity index (χ1v) is 4.79. The van der Waals surface area contributed by atoms with Crippen molar-refractivity contribution in [1.82, 2.24) is 4.98 Å². The van der Waals surface area contributed by atoms with Crippen LogP contribution in [-0.2, 0) is 9.47 Å². The van der Waals surface area contributed by atoms with Crippen molar-refractivity contribution in [3.05, 3.63) is 27.5 Å². The van der Waals surface area contributed by atoms with Gasteiger partial charge >= 0.3 is 11.9 Å². The van der Waals surface area contributed by atoms with Crippen LogP contribution in [0.1, 0.15) is 20.7 Å². The van der Waals surface area contributed by atoms with Crippen molar-refractivity contribution >= 4 is 35.1 Å². The zero-order valence-corrected chi connectivity index (χ0v) is 9.93. The number of nitrogens with zero attached hydrogens (tertiary/aromatic N) is 1. The fourth-order valence-electron chi connectivity index (χ4n) is 1.05. The number of hydrogen-bond acceptors (Lipinski definition) is 5. The molecule has 1 aromatic rings. The van der Waals surface area contributed by atoms with Crippen LogP contribution in [0.5, 0.6) is 0 Å². The largest absolute Gasteiger partial charge is 0.465 e. The van der Waals surface area contributed by atoms with Crippen molar-refractivity contribution in [3.8, 4) is 0 Å². The van der Waals surface area contributed by atoms with E-state index in [2.05, 4.69) is 14.5 Å². The quantitative estimate of drug-likeness (QED) is 0.603. The molecule has 0 aliphatic heterocycles. The van der Waals surface area contributed by atoms with Crippen molar-refractivity contribution in [2.45, 2.75) is 0 Å². The Balaban J connectivity index is 3.44. The van der Waals surface area contributed by atoms with Crippen molar-refractivity contribution < 1.29 is 19.1 Å². The highest BCUT2D eigenvalue weighted by atomic mass is 35.5. The minimum absolute atomic E-state index is 0.0157. The highest BCUT2D eigenvalue weighted by molar-refractivity contribution is 6.35. The van der Waals surface area contributed by atoms with E-state index in [0.717, 1.165) is 7.11 Å². The maximum atomic E-state index is 11.4. The number of esters is 2. The molecule has 86 valence electrons. The predicted octanol–water partition coefficient (Wildman–Crippen LogP) is 1.96. The molecular weight excluding hydrogens is 257 g/mol. The van der Waals surface area contributed by atoms with E-state index in [1.165, 1.54) is 13.2 Å². The molecule has 0 aromatic carbocycles. The van der Waals surface area contributed by atoms with E-state index in [4.69, 9.17) is 23.2 Å². The molecule has 1 rings (SSSR count). The average Bonchev–Trinajstić information content (AvgIpc) is 2.26. The number of hydrogen-bond donors (Lipinski definition) is 0. The predicted molar refractivity (Wildman–Crippen MR) is 56.9 cm³/mol. The van der Waals surface area contributed by atoms with Gasteiger partial charge in [0.05, 0.1) is 19.8 Å². The van der Waals surface area contributed by atoms with Crippen LogP contribution in [0.15, 0.2) is 6.07 Å². The van der Waals surface area contributed by atoms with Gasteiger partial charge in [0.15, 0.2) is 0 Å². The molecule has 0 aliphatic rings. The van der Waals surface area contributed by atoms with Gasteiger partial charge in [-0.25, -0.2) is 14.6 Å². The Bertz CT molecular complexity index is 447. The number of halogens is 2. The molecule has 0 bridgehead atoms. The molecule has 0 unspecified atom stereocenters. The van der Waals surface area contributed by atoms with E-state index in [9.17, 15) is 9.59 Å². The van der Waals surface area contributed by atoms with Gasteiger partial charge in [0.2, 0.25) is 0 Å². The van der Waals surface area contributed by atoms with Crippen molar-refractivity contribution in [2.75, 3.05) is 14.2 Å². The molecule has 1 heterocycles. The molecule has 0 amide bonds. The van der Waals surface area contributed by atoms with Crippen molar-refractivity contribution in [3.63, 3.8) is 0 Å². The normalized spacial score (nSPS) is 9.75. The van der Waals surface area contributed by atoms with Crippen LogP contribution in [-0.4, -0.2) is 31.1 Å². The molecule has 0 N–H and O–H groups in total. The highest BCUT2D eigenvalue weighted by Crippen LogP contribution is 2.23. The van der Waals surface area contributed by atoms with Gasteiger partial charge in [-0.2, -0.15) is 0 Å². The van der Waals surface area contributed by atoms with Crippen LogP contribution in [0, 0.1) is 0 Å². The minimum Gasteiger partial charge on any atom is -0.465 e. The van der Waals surface area contributed by atoms with Crippen LogP contribution < -0.4 is 0 Å². The first-order chi connectivity index (χ1) is 7.51. The second-order valence-corrected chi connectivity index (χ2v) is 3.39. The first-order valence-electron chi connectivity index (χ1n) is 4.04. The zero-order valence-electron chi connectivity index (χ0n) is 8.41. The molecule has 0 saturated carbocycles. The van der Waals surface area contributed by atoms with Crippen LogP contribution in [0.2, 0.25) is 10.3 Å². The van der Waals surface area contributed by atoms with E-state index in [1.54, 1.807) is 0 Å². The van der Waals surface area contributed by atoms with Gasteiger partial charge in [0.25, 0.3) is 0 Å². The summed E-state index contributed by atoms with van der Waals surface area (Å²) < 4.78 is 8.97. The molecule has 1 aromatic heterocycles. The number of rotatable bonds is 2. The maximum Gasteiger partial charge on any atom is 0.341 e. The summed E-state index contributed by atoms with van der Waals surface area (Å²) in [5.41, 5.74) is -0.250. The summed E-state index contributed by atoms with van der Waals surface area (Å²) in [7, 11) is 2.33. The lowest BCUT2D eigenvalue weighted by Gasteiger charge is -2.07. The van der Waals surface area contributed by atoms with Crippen molar-refractivity contribution in [2.24, 2.45) is 0 Å². The van der Waals surface area contributed by atoms with E-state index in [1.807, 2.05) is 0 Å². The molecule has 0 spiro atoms. The van der Waals surface area contributed by atoms with Gasteiger partial charge in [-0.05, 0) is 6.07 Å². The number of pyridine rings is 1. The highest BCUT2D eigenvalue weighted by Gasteiger charge is 2.23. The van der Waals surface area contributed by atoms with E-state index >= 15 is 0 Å². The lowest BCUT2D eigenvalue weighted by molar-refractivity contribution is 0.0555. The van der Waals surface area contributed by atoms with Gasteiger partial charge in [0.1, 0.15) is 15.9 Å². The second-order valence-electron chi connectivity index (χ2n) is 2.64. The Hall–Kier alpha value is -1.33. The van der Waals surface area contributed by atoms with Gasteiger partial charge < -0.3 is 9.47 Å². The van der Waals surface area contributed by atoms with Crippen molar-refractivity contribution in [1.29, 1.82) is 0 Å². The summed E-state index contributed by atoms with van der Waals surface area (Å²) in [6, 6.07) is 1.19. The summed E-state index contributed by atoms with van der Waals surface area (Å²) in [6.45, 7) is 0. The minimum atomic E-state index is -0.783. The number of ether oxygens (including phenoxy) is 2.